The molecule has 10 heteroatoms. The summed E-state index contributed by atoms with van der Waals surface area (Å²) in [4.78, 5) is 25.8. The lowest BCUT2D eigenvalue weighted by Gasteiger charge is -2.32. The van der Waals surface area contributed by atoms with Crippen LogP contribution < -0.4 is 9.64 Å². The maximum Gasteiger partial charge on any atom is 0.511 e. The highest BCUT2D eigenvalue weighted by Gasteiger charge is 2.34. The van der Waals surface area contributed by atoms with Crippen molar-refractivity contribution in [2.45, 2.75) is 52.5 Å². The van der Waals surface area contributed by atoms with Crippen LogP contribution in [0.1, 0.15) is 46.5 Å². The highest BCUT2D eigenvalue weighted by atomic mass is 19.2. The number of anilines is 1. The molecule has 1 aliphatic carbocycles. The number of carboxylic acid groups (broad SMARTS) is 1. The lowest BCUT2D eigenvalue weighted by Crippen LogP contribution is -2.42. The molecule has 0 radical (unpaired) electrons. The predicted octanol–water partition coefficient (Wildman–Crippen LogP) is 4.91. The molecule has 1 fully saturated rings. The normalized spacial score (nSPS) is 18.8. The molecule has 0 atom stereocenters. The third-order valence-electron chi connectivity index (χ3n) is 5.44. The van der Waals surface area contributed by atoms with Gasteiger partial charge in [-0.3, -0.25) is 9.69 Å². The fraction of sp³-hybridized carbons (Fsp3) is 0.476. The van der Waals surface area contributed by atoms with E-state index in [0.717, 1.165) is 23.7 Å². The molecule has 0 unspecified atom stereocenters. The van der Waals surface area contributed by atoms with Gasteiger partial charge in [0.15, 0.2) is 23.2 Å². The first-order valence-electron chi connectivity index (χ1n) is 10.1. The van der Waals surface area contributed by atoms with Crippen LogP contribution in [-0.4, -0.2) is 33.0 Å². The molecule has 1 amide bonds. The van der Waals surface area contributed by atoms with Crippen LogP contribution in [0.3, 0.4) is 0 Å². The molecule has 0 bridgehead atoms. The Labute approximate surface area is 177 Å². The van der Waals surface area contributed by atoms with E-state index in [0.29, 0.717) is 30.9 Å². The third-order valence-corrected chi connectivity index (χ3v) is 5.44. The first-order chi connectivity index (χ1) is 14.6. The molecule has 1 N–H and O–H groups in total. The fourth-order valence-electron chi connectivity index (χ4n) is 3.80. The molecule has 31 heavy (non-hydrogen) atoms. The molecule has 1 heterocycles. The van der Waals surface area contributed by atoms with Crippen molar-refractivity contribution in [1.29, 1.82) is 0 Å². The Kier molecular flexibility index (Phi) is 6.56. The number of halogens is 3. The van der Waals surface area contributed by atoms with Crippen LogP contribution in [0.15, 0.2) is 18.3 Å². The summed E-state index contributed by atoms with van der Waals surface area (Å²) in [5, 5.41) is 13.3. The van der Waals surface area contributed by atoms with Crippen molar-refractivity contribution in [1.82, 2.24) is 9.78 Å². The number of carbonyl (C=O) groups excluding carboxylic acids is 1. The quantitative estimate of drug-likeness (QED) is 0.528. The average molecular weight is 439 g/mol. The molecule has 168 valence electrons. The van der Waals surface area contributed by atoms with Crippen molar-refractivity contribution >= 4 is 17.9 Å². The van der Waals surface area contributed by atoms with Gasteiger partial charge < -0.3 is 9.84 Å². The summed E-state index contributed by atoms with van der Waals surface area (Å²) in [6.07, 6.45) is 2.66. The van der Waals surface area contributed by atoms with Gasteiger partial charge in [0.25, 0.3) is 0 Å². The largest absolute Gasteiger partial charge is 0.511 e. The van der Waals surface area contributed by atoms with Crippen LogP contribution in [0.2, 0.25) is 0 Å². The topological polar surface area (TPSA) is 84.7 Å². The molecule has 1 aromatic carbocycles. The van der Waals surface area contributed by atoms with Gasteiger partial charge in [0.05, 0.1) is 11.9 Å². The second-order valence-electron chi connectivity index (χ2n) is 8.11. The fourth-order valence-corrected chi connectivity index (χ4v) is 3.80. The minimum Gasteiger partial charge on any atom is -0.449 e. The first kappa shape index (κ1) is 22.6. The first-order valence-corrected chi connectivity index (χ1v) is 10.1. The van der Waals surface area contributed by atoms with E-state index in [1.807, 2.05) is 0 Å². The zero-order valence-electron chi connectivity index (χ0n) is 17.4. The van der Waals surface area contributed by atoms with Crippen molar-refractivity contribution in [3.05, 3.63) is 35.8 Å². The number of nitrogens with zero attached hydrogens (tertiary/aromatic N) is 3. The van der Waals surface area contributed by atoms with Gasteiger partial charge in [-0.05, 0) is 45.4 Å². The van der Waals surface area contributed by atoms with Crippen molar-refractivity contribution in [2.75, 3.05) is 4.90 Å². The van der Waals surface area contributed by atoms with Crippen LogP contribution >= 0.6 is 0 Å². The van der Waals surface area contributed by atoms with E-state index in [-0.39, 0.29) is 29.1 Å². The Morgan fingerprint density at radius 1 is 1.16 bits per heavy atom. The van der Waals surface area contributed by atoms with Gasteiger partial charge in [0, 0.05) is 24.1 Å². The van der Waals surface area contributed by atoms with Crippen LogP contribution in [0.5, 0.6) is 5.75 Å². The van der Waals surface area contributed by atoms with Gasteiger partial charge in [0.2, 0.25) is 11.7 Å². The number of ether oxygens (including phenoxy) is 1. The number of carbonyl (C=O) groups is 2. The van der Waals surface area contributed by atoms with Crippen LogP contribution in [0.25, 0.3) is 5.69 Å². The minimum absolute atomic E-state index is 0.0915. The summed E-state index contributed by atoms with van der Waals surface area (Å²) in [6.45, 7) is 5.61. The molecule has 1 saturated carbocycles. The number of benzene rings is 1. The van der Waals surface area contributed by atoms with Crippen molar-refractivity contribution in [3.8, 4) is 11.4 Å². The molecule has 3 rings (SSSR count). The van der Waals surface area contributed by atoms with Gasteiger partial charge in [-0.25, -0.2) is 22.6 Å². The maximum atomic E-state index is 13.7. The highest BCUT2D eigenvalue weighted by Crippen LogP contribution is 2.35. The van der Waals surface area contributed by atoms with Crippen LogP contribution in [0.4, 0.5) is 23.8 Å². The summed E-state index contributed by atoms with van der Waals surface area (Å²) in [7, 11) is 0. The Balaban J connectivity index is 2.04. The number of hydrogen-bond donors (Lipinski definition) is 1. The molecule has 0 spiro atoms. The number of rotatable bonds is 5. The summed E-state index contributed by atoms with van der Waals surface area (Å²) < 4.78 is 46.4. The van der Waals surface area contributed by atoms with Crippen LogP contribution in [0, 0.1) is 29.3 Å². The Morgan fingerprint density at radius 3 is 2.26 bits per heavy atom. The van der Waals surface area contributed by atoms with E-state index in [9.17, 15) is 22.8 Å². The number of aromatic nitrogens is 2. The summed E-state index contributed by atoms with van der Waals surface area (Å²) in [5.41, 5.74) is -0.194. The molecule has 0 aliphatic heterocycles. The van der Waals surface area contributed by atoms with Gasteiger partial charge in [0.1, 0.15) is 0 Å². The maximum absolute atomic E-state index is 13.7. The predicted molar refractivity (Wildman–Crippen MR) is 106 cm³/mol. The SMILES string of the molecule is CC1CCC(C(=O)N(c2nn(-c3cc(F)c(F)c(F)c3)cc2OC(=O)O)C(C)C)CC1. The smallest absolute Gasteiger partial charge is 0.449 e. The van der Waals surface area contributed by atoms with E-state index < -0.39 is 29.6 Å². The van der Waals surface area contributed by atoms with Gasteiger partial charge >= 0.3 is 6.16 Å². The molecule has 1 aliphatic rings. The second kappa shape index (κ2) is 8.99. The van der Waals surface area contributed by atoms with E-state index in [2.05, 4.69) is 12.0 Å². The van der Waals surface area contributed by atoms with Crippen LogP contribution in [-0.2, 0) is 4.79 Å². The molecule has 1 aromatic heterocycles. The third kappa shape index (κ3) is 4.83. The van der Waals surface area contributed by atoms with E-state index in [1.54, 1.807) is 13.8 Å². The second-order valence-corrected chi connectivity index (χ2v) is 8.11. The Bertz CT molecular complexity index is 961. The molecular formula is C21H24F3N3O4. The zero-order valence-corrected chi connectivity index (χ0v) is 17.4. The zero-order chi connectivity index (χ0) is 22.9. The molecule has 2 aromatic rings. The minimum atomic E-state index is -1.64. The summed E-state index contributed by atoms with van der Waals surface area (Å²) in [6, 6.07) is 1.03. The van der Waals surface area contributed by atoms with Gasteiger partial charge in [-0.2, -0.15) is 0 Å². The number of amides is 1. The Hall–Kier alpha value is -3.04. The van der Waals surface area contributed by atoms with Gasteiger partial charge in [-0.1, -0.05) is 6.92 Å². The average Bonchev–Trinajstić information content (AvgIpc) is 3.08. The summed E-state index contributed by atoms with van der Waals surface area (Å²) >= 11 is 0. The molecule has 7 nitrogen and oxygen atoms in total. The highest BCUT2D eigenvalue weighted by molar-refractivity contribution is 5.96. The van der Waals surface area contributed by atoms with E-state index >= 15 is 0 Å². The van der Waals surface area contributed by atoms with Crippen molar-refractivity contribution in [3.63, 3.8) is 0 Å². The van der Waals surface area contributed by atoms with E-state index in [4.69, 9.17) is 9.84 Å². The van der Waals surface area contributed by atoms with Crippen molar-refractivity contribution < 1.29 is 32.6 Å². The standard InChI is InChI=1S/C21H24F3N3O4/c1-11(2)27(20(28)13-6-4-12(3)5-7-13)19-17(31-21(29)30)10-26(25-19)14-8-15(22)18(24)16(23)9-14/h8-13H,4-7H2,1-3H3,(H,29,30). The Morgan fingerprint density at radius 2 is 1.74 bits per heavy atom. The number of hydrogen-bond acceptors (Lipinski definition) is 4. The summed E-state index contributed by atoms with van der Waals surface area (Å²) in [5.74, 6) is -4.80. The van der Waals surface area contributed by atoms with E-state index in [1.165, 1.54) is 4.90 Å². The monoisotopic (exact) mass is 439 g/mol. The molecular weight excluding hydrogens is 415 g/mol. The van der Waals surface area contributed by atoms with Gasteiger partial charge in [-0.15, -0.1) is 5.10 Å². The molecule has 0 saturated heterocycles. The lowest BCUT2D eigenvalue weighted by atomic mass is 9.82. The van der Waals surface area contributed by atoms with Crippen molar-refractivity contribution in [2.24, 2.45) is 11.8 Å². The lowest BCUT2D eigenvalue weighted by molar-refractivity contribution is -0.124.